The lowest BCUT2D eigenvalue weighted by Gasteiger charge is -2.30. The van der Waals surface area contributed by atoms with Crippen molar-refractivity contribution in [2.24, 2.45) is 0 Å². The largest absolute Gasteiger partial charge is 0.356 e. The molecule has 0 radical (unpaired) electrons. The van der Waals surface area contributed by atoms with Gasteiger partial charge in [0.15, 0.2) is 5.58 Å². The SMILES string of the molecule is Cc1ccc(CNC(=O)CN2CCC(c3noc4cc(F)ccc34)CC2)cc1. The van der Waals surface area contributed by atoms with Gasteiger partial charge in [0, 0.05) is 23.9 Å². The molecule has 1 aliphatic heterocycles. The van der Waals surface area contributed by atoms with E-state index in [4.69, 9.17) is 4.52 Å². The van der Waals surface area contributed by atoms with E-state index in [2.05, 4.69) is 15.4 Å². The molecule has 0 unspecified atom stereocenters. The Balaban J connectivity index is 1.27. The molecular weight excluding hydrogens is 357 g/mol. The minimum atomic E-state index is -0.318. The summed E-state index contributed by atoms with van der Waals surface area (Å²) in [5.74, 6) is 0.00151. The van der Waals surface area contributed by atoms with Gasteiger partial charge in [-0.2, -0.15) is 0 Å². The Kier molecular flexibility index (Phi) is 5.39. The highest BCUT2D eigenvalue weighted by molar-refractivity contribution is 5.80. The minimum Gasteiger partial charge on any atom is -0.356 e. The molecule has 0 saturated carbocycles. The molecule has 1 amide bonds. The Bertz CT molecular complexity index is 960. The predicted molar refractivity (Wildman–Crippen MR) is 105 cm³/mol. The number of nitrogens with zero attached hydrogens (tertiary/aromatic N) is 2. The Morgan fingerprint density at radius 1 is 1.21 bits per heavy atom. The first-order chi connectivity index (χ1) is 13.6. The van der Waals surface area contributed by atoms with Crippen LogP contribution >= 0.6 is 0 Å². The first kappa shape index (κ1) is 18.6. The minimum absolute atomic E-state index is 0.0430. The number of aryl methyl sites for hydroxylation is 1. The molecule has 1 aromatic heterocycles. The average Bonchev–Trinajstić information content (AvgIpc) is 3.11. The lowest BCUT2D eigenvalue weighted by molar-refractivity contribution is -0.122. The second-order valence-corrected chi connectivity index (χ2v) is 7.52. The van der Waals surface area contributed by atoms with Crippen molar-refractivity contribution in [2.75, 3.05) is 19.6 Å². The van der Waals surface area contributed by atoms with E-state index in [-0.39, 0.29) is 17.6 Å². The second kappa shape index (κ2) is 8.10. The number of carbonyl (C=O) groups is 1. The predicted octanol–water partition coefficient (Wildman–Crippen LogP) is 3.77. The van der Waals surface area contributed by atoms with Crippen molar-refractivity contribution < 1.29 is 13.7 Å². The molecule has 5 nitrogen and oxygen atoms in total. The van der Waals surface area contributed by atoms with Crippen molar-refractivity contribution in [3.63, 3.8) is 0 Å². The van der Waals surface area contributed by atoms with Gasteiger partial charge in [-0.05, 0) is 50.6 Å². The maximum atomic E-state index is 13.3. The fourth-order valence-corrected chi connectivity index (χ4v) is 3.76. The van der Waals surface area contributed by atoms with E-state index in [0.717, 1.165) is 42.6 Å². The summed E-state index contributed by atoms with van der Waals surface area (Å²) >= 11 is 0. The number of aromatic nitrogens is 1. The average molecular weight is 381 g/mol. The zero-order valence-corrected chi connectivity index (χ0v) is 16.0. The summed E-state index contributed by atoms with van der Waals surface area (Å²) in [7, 11) is 0. The maximum Gasteiger partial charge on any atom is 0.234 e. The fourth-order valence-electron chi connectivity index (χ4n) is 3.76. The summed E-state index contributed by atoms with van der Waals surface area (Å²) in [6.07, 6.45) is 1.81. The third-order valence-corrected chi connectivity index (χ3v) is 5.41. The van der Waals surface area contributed by atoms with Gasteiger partial charge in [-0.15, -0.1) is 0 Å². The van der Waals surface area contributed by atoms with Crippen LogP contribution in [0.5, 0.6) is 0 Å². The molecule has 0 atom stereocenters. The standard InChI is InChI=1S/C22H24FN3O2/c1-15-2-4-16(5-3-15)13-24-21(27)14-26-10-8-17(9-11-26)22-19-7-6-18(23)12-20(19)28-25-22/h2-7,12,17H,8-11,13-14H2,1H3,(H,24,27). The van der Waals surface area contributed by atoms with Crippen molar-refractivity contribution >= 4 is 16.9 Å². The number of hydrogen-bond donors (Lipinski definition) is 1. The number of benzene rings is 2. The van der Waals surface area contributed by atoms with Crippen LogP contribution < -0.4 is 5.32 Å². The number of nitrogens with one attached hydrogen (secondary N) is 1. The van der Waals surface area contributed by atoms with Crippen molar-refractivity contribution in [3.05, 3.63) is 65.1 Å². The lowest BCUT2D eigenvalue weighted by atomic mass is 9.91. The molecule has 2 heterocycles. The highest BCUT2D eigenvalue weighted by Gasteiger charge is 2.26. The molecule has 0 spiro atoms. The lowest BCUT2D eigenvalue weighted by Crippen LogP contribution is -2.41. The van der Waals surface area contributed by atoms with Gasteiger partial charge in [-0.3, -0.25) is 9.69 Å². The fraction of sp³-hybridized carbons (Fsp3) is 0.364. The number of halogens is 1. The van der Waals surface area contributed by atoms with E-state index in [9.17, 15) is 9.18 Å². The number of fused-ring (bicyclic) bond motifs is 1. The molecular formula is C22H24FN3O2. The Morgan fingerprint density at radius 3 is 2.71 bits per heavy atom. The van der Waals surface area contributed by atoms with Crippen LogP contribution in [0.1, 0.15) is 35.6 Å². The number of rotatable bonds is 5. The van der Waals surface area contributed by atoms with Gasteiger partial charge in [-0.1, -0.05) is 35.0 Å². The molecule has 2 aromatic carbocycles. The number of hydrogen-bond acceptors (Lipinski definition) is 4. The van der Waals surface area contributed by atoms with Gasteiger partial charge in [-0.25, -0.2) is 4.39 Å². The van der Waals surface area contributed by atoms with E-state index < -0.39 is 0 Å². The van der Waals surface area contributed by atoms with Crippen molar-refractivity contribution in [1.29, 1.82) is 0 Å². The molecule has 0 aliphatic carbocycles. The van der Waals surface area contributed by atoms with Crippen molar-refractivity contribution in [1.82, 2.24) is 15.4 Å². The van der Waals surface area contributed by atoms with E-state index in [1.165, 1.54) is 17.7 Å². The molecule has 1 fully saturated rings. The van der Waals surface area contributed by atoms with Gasteiger partial charge < -0.3 is 9.84 Å². The van der Waals surface area contributed by atoms with Crippen molar-refractivity contribution in [3.8, 4) is 0 Å². The van der Waals surface area contributed by atoms with E-state index in [1.54, 1.807) is 6.07 Å². The quantitative estimate of drug-likeness (QED) is 0.731. The van der Waals surface area contributed by atoms with Gasteiger partial charge >= 0.3 is 0 Å². The molecule has 3 aromatic rings. The summed E-state index contributed by atoms with van der Waals surface area (Å²) in [4.78, 5) is 14.4. The highest BCUT2D eigenvalue weighted by atomic mass is 19.1. The van der Waals surface area contributed by atoms with Crippen LogP contribution in [0, 0.1) is 12.7 Å². The van der Waals surface area contributed by atoms with Gasteiger partial charge in [0.25, 0.3) is 0 Å². The maximum absolute atomic E-state index is 13.3. The summed E-state index contributed by atoms with van der Waals surface area (Å²) in [6, 6.07) is 12.7. The van der Waals surface area contributed by atoms with E-state index >= 15 is 0 Å². The number of amides is 1. The van der Waals surface area contributed by atoms with Crippen LogP contribution in [0.25, 0.3) is 11.0 Å². The van der Waals surface area contributed by atoms with Crippen LogP contribution in [0.2, 0.25) is 0 Å². The number of carbonyl (C=O) groups excluding carboxylic acids is 1. The Morgan fingerprint density at radius 2 is 1.96 bits per heavy atom. The normalized spacial score (nSPS) is 15.8. The first-order valence-electron chi connectivity index (χ1n) is 9.68. The molecule has 1 aliphatic rings. The summed E-state index contributed by atoms with van der Waals surface area (Å²) in [5, 5.41) is 8.05. The first-order valence-corrected chi connectivity index (χ1v) is 9.68. The van der Waals surface area contributed by atoms with Gasteiger partial charge in [0.1, 0.15) is 5.82 Å². The van der Waals surface area contributed by atoms with E-state index in [0.29, 0.717) is 18.7 Å². The molecule has 146 valence electrons. The van der Waals surface area contributed by atoms with Crippen LogP contribution in [0.15, 0.2) is 47.0 Å². The molecule has 0 bridgehead atoms. The monoisotopic (exact) mass is 381 g/mol. The van der Waals surface area contributed by atoms with Crippen LogP contribution in [-0.4, -0.2) is 35.6 Å². The number of piperidine rings is 1. The molecule has 1 N–H and O–H groups in total. The molecule has 1 saturated heterocycles. The Labute approximate surface area is 163 Å². The zero-order valence-electron chi connectivity index (χ0n) is 16.0. The second-order valence-electron chi connectivity index (χ2n) is 7.52. The van der Waals surface area contributed by atoms with Gasteiger partial charge in [0.2, 0.25) is 5.91 Å². The third-order valence-electron chi connectivity index (χ3n) is 5.41. The Hall–Kier alpha value is -2.73. The van der Waals surface area contributed by atoms with Crippen LogP contribution in [-0.2, 0) is 11.3 Å². The molecule has 4 rings (SSSR count). The zero-order chi connectivity index (χ0) is 19.5. The summed E-state index contributed by atoms with van der Waals surface area (Å²) in [5.41, 5.74) is 3.71. The van der Waals surface area contributed by atoms with E-state index in [1.807, 2.05) is 31.2 Å². The smallest absolute Gasteiger partial charge is 0.234 e. The topological polar surface area (TPSA) is 58.4 Å². The molecule has 28 heavy (non-hydrogen) atoms. The third kappa shape index (κ3) is 4.22. The highest BCUT2D eigenvalue weighted by Crippen LogP contribution is 2.32. The summed E-state index contributed by atoms with van der Waals surface area (Å²) < 4.78 is 18.6. The summed E-state index contributed by atoms with van der Waals surface area (Å²) in [6.45, 7) is 4.67. The van der Waals surface area contributed by atoms with Gasteiger partial charge in [0.05, 0.1) is 12.2 Å². The van der Waals surface area contributed by atoms with Crippen molar-refractivity contribution in [2.45, 2.75) is 32.2 Å². The van der Waals surface area contributed by atoms with Crippen LogP contribution in [0.4, 0.5) is 4.39 Å². The number of likely N-dealkylation sites (tertiary alicyclic amines) is 1. The van der Waals surface area contributed by atoms with Crippen LogP contribution in [0.3, 0.4) is 0 Å². The molecule has 6 heteroatoms.